The summed E-state index contributed by atoms with van der Waals surface area (Å²) < 4.78 is 34.1. The smallest absolute Gasteiger partial charge is 0.217 e. The number of rotatable bonds is 13. The van der Waals surface area contributed by atoms with Crippen LogP contribution in [0.15, 0.2) is 0 Å². The highest BCUT2D eigenvalue weighted by molar-refractivity contribution is 5.73. The lowest BCUT2D eigenvalue weighted by Crippen LogP contribution is -2.69. The van der Waals surface area contributed by atoms with Crippen molar-refractivity contribution in [2.24, 2.45) is 5.73 Å². The molecule has 0 aliphatic carbocycles. The van der Waals surface area contributed by atoms with Crippen LogP contribution in [0.2, 0.25) is 0 Å². The zero-order valence-electron chi connectivity index (χ0n) is 24.3. The molecule has 0 aromatic rings. The maximum absolute atomic E-state index is 11.9. The second-order valence-electron chi connectivity index (χ2n) is 10.8. The molecule has 0 aromatic carbocycles. The average molecular weight is 644 g/mol. The molecule has 2 amide bonds. The van der Waals surface area contributed by atoms with Crippen LogP contribution in [0.3, 0.4) is 0 Å². The lowest BCUT2D eigenvalue weighted by molar-refractivity contribution is -0.369. The van der Waals surface area contributed by atoms with E-state index in [9.17, 15) is 50.4 Å². The third-order valence-electron chi connectivity index (χ3n) is 7.51. The molecule has 44 heavy (non-hydrogen) atoms. The summed E-state index contributed by atoms with van der Waals surface area (Å²) in [5, 5.41) is 88.6. The van der Waals surface area contributed by atoms with Crippen LogP contribution in [0, 0.1) is 0 Å². The van der Waals surface area contributed by atoms with Crippen LogP contribution >= 0.6 is 0 Å². The number of hydrogen-bond acceptors (Lipinski definition) is 17. The molecule has 3 saturated heterocycles. The molecule has 0 aromatic heterocycles. The molecular weight excluding hydrogens is 598 g/mol. The molecular formula is C25H45N3O16. The number of ether oxygens (including phenoxy) is 6. The lowest BCUT2D eigenvalue weighted by atomic mass is 9.94. The highest BCUT2D eigenvalue weighted by Crippen LogP contribution is 2.33. The van der Waals surface area contributed by atoms with Crippen LogP contribution in [0.5, 0.6) is 0 Å². The first-order valence-electron chi connectivity index (χ1n) is 14.2. The van der Waals surface area contributed by atoms with Crippen molar-refractivity contribution >= 4 is 11.8 Å². The lowest BCUT2D eigenvalue weighted by Gasteiger charge is -2.49. The van der Waals surface area contributed by atoms with E-state index in [0.29, 0.717) is 13.0 Å². The van der Waals surface area contributed by atoms with Crippen LogP contribution in [0.25, 0.3) is 0 Å². The minimum Gasteiger partial charge on any atom is -0.394 e. The van der Waals surface area contributed by atoms with Gasteiger partial charge in [0.15, 0.2) is 18.9 Å². The van der Waals surface area contributed by atoms with Gasteiger partial charge in [-0.05, 0) is 13.0 Å². The Hall–Kier alpha value is -1.66. The van der Waals surface area contributed by atoms with Gasteiger partial charge in [-0.3, -0.25) is 9.59 Å². The average Bonchev–Trinajstić information content (AvgIpc) is 2.98. The van der Waals surface area contributed by atoms with E-state index in [1.54, 1.807) is 0 Å². The van der Waals surface area contributed by atoms with Gasteiger partial charge in [-0.1, -0.05) is 0 Å². The molecule has 0 radical (unpaired) electrons. The molecule has 0 saturated carbocycles. The minimum atomic E-state index is -1.91. The first kappa shape index (κ1) is 36.8. The fourth-order valence-electron chi connectivity index (χ4n) is 5.27. The Morgan fingerprint density at radius 1 is 0.659 bits per heavy atom. The summed E-state index contributed by atoms with van der Waals surface area (Å²) >= 11 is 0. The van der Waals surface area contributed by atoms with Gasteiger partial charge in [-0.15, -0.1) is 0 Å². The number of carbonyl (C=O) groups is 2. The van der Waals surface area contributed by atoms with Crippen LogP contribution in [-0.4, -0.2) is 178 Å². The number of nitrogens with one attached hydrogen (secondary N) is 2. The fraction of sp³-hybridized carbons (Fsp3) is 0.920. The van der Waals surface area contributed by atoms with E-state index in [0.717, 1.165) is 6.92 Å². The predicted molar refractivity (Wildman–Crippen MR) is 142 cm³/mol. The number of carbonyl (C=O) groups excluding carboxylic acids is 2. The van der Waals surface area contributed by atoms with Crippen molar-refractivity contribution in [2.45, 2.75) is 112 Å². The maximum atomic E-state index is 11.9. The van der Waals surface area contributed by atoms with Crippen molar-refractivity contribution in [3.63, 3.8) is 0 Å². The molecule has 3 heterocycles. The van der Waals surface area contributed by atoms with Gasteiger partial charge in [0.1, 0.15) is 73.1 Å². The van der Waals surface area contributed by atoms with E-state index in [1.807, 2.05) is 0 Å². The SMILES string of the molecule is CC(=O)NC1[C@H](OCCCN)OC(CO)[C@@H](O[C@@H]2OC(CO)[C@H](O)[C@H](O[C@H]3OC(CO)[C@H](O)[C@H](O)C3NC(C)=O)C2O)[C@@H]1O. The van der Waals surface area contributed by atoms with E-state index in [2.05, 4.69) is 10.6 Å². The van der Waals surface area contributed by atoms with Gasteiger partial charge in [0.25, 0.3) is 0 Å². The summed E-state index contributed by atoms with van der Waals surface area (Å²) in [6.07, 6.45) is -20.1. The first-order valence-corrected chi connectivity index (χ1v) is 14.2. The quantitative estimate of drug-likeness (QED) is 0.0831. The first-order chi connectivity index (χ1) is 20.9. The summed E-state index contributed by atoms with van der Waals surface area (Å²) in [5.41, 5.74) is 5.49. The van der Waals surface area contributed by atoms with Gasteiger partial charge in [-0.25, -0.2) is 0 Å². The molecule has 0 bridgehead atoms. The Kier molecular flexibility index (Phi) is 14.0. The van der Waals surface area contributed by atoms with E-state index < -0.39 is 124 Å². The molecule has 19 heteroatoms. The number of aliphatic hydroxyl groups excluding tert-OH is 8. The van der Waals surface area contributed by atoms with Gasteiger partial charge in [0.2, 0.25) is 11.8 Å². The Balaban J connectivity index is 1.85. The molecule has 19 nitrogen and oxygen atoms in total. The van der Waals surface area contributed by atoms with Crippen molar-refractivity contribution in [1.82, 2.24) is 10.6 Å². The Morgan fingerprint density at radius 3 is 1.70 bits per heavy atom. The second-order valence-corrected chi connectivity index (χ2v) is 10.8. The molecule has 3 aliphatic heterocycles. The molecule has 6 unspecified atom stereocenters. The Labute approximate surface area is 252 Å². The zero-order valence-corrected chi connectivity index (χ0v) is 24.3. The molecule has 15 atom stereocenters. The van der Waals surface area contributed by atoms with Crippen LogP contribution in [-0.2, 0) is 38.0 Å². The number of nitrogens with two attached hydrogens (primary N) is 1. The van der Waals surface area contributed by atoms with Crippen molar-refractivity contribution in [1.29, 1.82) is 0 Å². The zero-order chi connectivity index (χ0) is 32.7. The molecule has 3 rings (SSSR count). The highest BCUT2D eigenvalue weighted by Gasteiger charge is 2.54. The monoisotopic (exact) mass is 643 g/mol. The number of amides is 2. The van der Waals surface area contributed by atoms with Crippen molar-refractivity contribution in [3.05, 3.63) is 0 Å². The highest BCUT2D eigenvalue weighted by atomic mass is 16.7. The van der Waals surface area contributed by atoms with Gasteiger partial charge in [-0.2, -0.15) is 0 Å². The molecule has 12 N–H and O–H groups in total. The molecule has 256 valence electrons. The second kappa shape index (κ2) is 16.8. The molecule has 3 aliphatic rings. The predicted octanol–water partition coefficient (Wildman–Crippen LogP) is -6.91. The Bertz CT molecular complexity index is 921. The standard InChI is InChI=1S/C25H45N3O16/c1-9(32)27-14-18(36)16(34)11(6-29)40-24(14)44-22-17(35)12(7-30)41-25(20(22)38)43-21-13(8-31)42-23(39-5-3-4-26)15(19(21)37)28-10(2)33/h11-25,29-31,34-38H,3-8,26H2,1-2H3,(H,27,32)(H,28,33)/t11?,12?,13?,14?,15?,16-,17-,18+,19+,20?,21+,22-,23+,24+,25-/m0/s1. The Morgan fingerprint density at radius 2 is 1.16 bits per heavy atom. The third kappa shape index (κ3) is 8.57. The normalized spacial score (nSPS) is 42.9. The summed E-state index contributed by atoms with van der Waals surface area (Å²) in [4.78, 5) is 23.7. The largest absolute Gasteiger partial charge is 0.394 e. The van der Waals surface area contributed by atoms with E-state index in [1.165, 1.54) is 6.92 Å². The van der Waals surface area contributed by atoms with Crippen LogP contribution in [0.4, 0.5) is 0 Å². The van der Waals surface area contributed by atoms with E-state index in [-0.39, 0.29) is 6.61 Å². The van der Waals surface area contributed by atoms with Crippen molar-refractivity contribution < 1.29 is 78.9 Å². The summed E-state index contributed by atoms with van der Waals surface area (Å²) in [6, 6.07) is -2.64. The van der Waals surface area contributed by atoms with Gasteiger partial charge >= 0.3 is 0 Å². The minimum absolute atomic E-state index is 0.110. The fourth-order valence-corrected chi connectivity index (χ4v) is 5.27. The van der Waals surface area contributed by atoms with E-state index in [4.69, 9.17) is 34.2 Å². The van der Waals surface area contributed by atoms with E-state index >= 15 is 0 Å². The maximum Gasteiger partial charge on any atom is 0.217 e. The van der Waals surface area contributed by atoms with Gasteiger partial charge < -0.3 is 85.6 Å². The van der Waals surface area contributed by atoms with Crippen LogP contribution < -0.4 is 16.4 Å². The number of hydrogen-bond donors (Lipinski definition) is 11. The molecule has 0 spiro atoms. The van der Waals surface area contributed by atoms with Crippen molar-refractivity contribution in [2.75, 3.05) is 33.0 Å². The number of aliphatic hydroxyl groups is 8. The van der Waals surface area contributed by atoms with Crippen LogP contribution in [0.1, 0.15) is 20.3 Å². The van der Waals surface area contributed by atoms with Gasteiger partial charge in [0.05, 0.1) is 26.4 Å². The third-order valence-corrected chi connectivity index (χ3v) is 7.51. The summed E-state index contributed by atoms with van der Waals surface area (Å²) in [7, 11) is 0. The topological polar surface area (TPSA) is 301 Å². The molecule has 3 fully saturated rings. The summed E-state index contributed by atoms with van der Waals surface area (Å²) in [5.74, 6) is -1.20. The summed E-state index contributed by atoms with van der Waals surface area (Å²) in [6.45, 7) is 0.437. The van der Waals surface area contributed by atoms with Crippen molar-refractivity contribution in [3.8, 4) is 0 Å². The van der Waals surface area contributed by atoms with Gasteiger partial charge in [0, 0.05) is 13.8 Å².